The maximum absolute atomic E-state index is 12.7. The van der Waals surface area contributed by atoms with E-state index in [9.17, 15) is 14.4 Å². The second-order valence-corrected chi connectivity index (χ2v) is 7.65. The minimum atomic E-state index is -0.740. The molecule has 1 rings (SSSR count). The number of anilines is 1. The van der Waals surface area contributed by atoms with E-state index in [-0.39, 0.29) is 18.3 Å². The number of carbonyl (C=O) groups excluding carboxylic acids is 3. The van der Waals surface area contributed by atoms with E-state index in [1.165, 1.54) is 0 Å². The van der Waals surface area contributed by atoms with Gasteiger partial charge in [0.25, 0.3) is 0 Å². The van der Waals surface area contributed by atoms with E-state index in [1.54, 1.807) is 52.0 Å². The van der Waals surface area contributed by atoms with Crippen LogP contribution >= 0.6 is 0 Å². The number of benzene rings is 1. The maximum Gasteiger partial charge on any atom is 0.408 e. The van der Waals surface area contributed by atoms with Crippen LogP contribution in [0.2, 0.25) is 0 Å². The Morgan fingerprint density at radius 2 is 1.76 bits per heavy atom. The molecule has 8 nitrogen and oxygen atoms in total. The third-order valence-corrected chi connectivity index (χ3v) is 3.83. The van der Waals surface area contributed by atoms with Gasteiger partial charge < -0.3 is 25.8 Å². The van der Waals surface area contributed by atoms with Crippen molar-refractivity contribution in [2.75, 3.05) is 18.5 Å². The molecule has 162 valence electrons. The summed E-state index contributed by atoms with van der Waals surface area (Å²) in [5, 5.41) is 5.41. The molecule has 0 bridgehead atoms. The molecule has 1 aromatic carbocycles. The number of ether oxygens (including phenoxy) is 2. The van der Waals surface area contributed by atoms with Gasteiger partial charge in [-0.05, 0) is 71.2 Å². The standard InChI is InChI=1S/C21H33N3O5/c1-5-28-18(25)14-15-9-11-16(12-10-15)23-19(26)17(8-6-7-13-22)24-20(27)29-21(2,3)4/h9-12,17H,5-8,13-14,22H2,1-4H3,(H,23,26)(H,24,27). The van der Waals surface area contributed by atoms with Gasteiger partial charge >= 0.3 is 12.1 Å². The summed E-state index contributed by atoms with van der Waals surface area (Å²) in [6.07, 6.45) is 1.42. The molecule has 0 aliphatic carbocycles. The number of amides is 2. The quantitative estimate of drug-likeness (QED) is 0.405. The van der Waals surface area contributed by atoms with Gasteiger partial charge in [0, 0.05) is 5.69 Å². The largest absolute Gasteiger partial charge is 0.466 e. The van der Waals surface area contributed by atoms with Crippen molar-refractivity contribution in [1.82, 2.24) is 5.32 Å². The second-order valence-electron chi connectivity index (χ2n) is 7.65. The lowest BCUT2D eigenvalue weighted by Crippen LogP contribution is -2.45. The third kappa shape index (κ3) is 10.5. The van der Waals surface area contributed by atoms with E-state index in [4.69, 9.17) is 15.2 Å². The number of hydrogen-bond acceptors (Lipinski definition) is 6. The van der Waals surface area contributed by atoms with E-state index < -0.39 is 17.7 Å². The predicted molar refractivity (Wildman–Crippen MR) is 111 cm³/mol. The van der Waals surface area contributed by atoms with Crippen molar-refractivity contribution < 1.29 is 23.9 Å². The van der Waals surface area contributed by atoms with E-state index in [1.807, 2.05) is 0 Å². The van der Waals surface area contributed by atoms with E-state index in [0.29, 0.717) is 31.7 Å². The molecular weight excluding hydrogens is 374 g/mol. The first kappa shape index (κ1) is 24.4. The third-order valence-electron chi connectivity index (χ3n) is 3.83. The summed E-state index contributed by atoms with van der Waals surface area (Å²) in [4.78, 5) is 36.3. The van der Waals surface area contributed by atoms with Gasteiger partial charge in [-0.1, -0.05) is 12.1 Å². The molecule has 2 amide bonds. The van der Waals surface area contributed by atoms with Crippen LogP contribution in [-0.2, 0) is 25.5 Å². The van der Waals surface area contributed by atoms with Gasteiger partial charge in [0.15, 0.2) is 0 Å². The fourth-order valence-corrected chi connectivity index (χ4v) is 2.53. The van der Waals surface area contributed by atoms with Gasteiger partial charge in [0.05, 0.1) is 13.0 Å². The molecule has 4 N–H and O–H groups in total. The molecule has 8 heteroatoms. The first-order valence-electron chi connectivity index (χ1n) is 9.89. The highest BCUT2D eigenvalue weighted by Crippen LogP contribution is 2.13. The molecule has 1 unspecified atom stereocenters. The molecule has 1 atom stereocenters. The fraction of sp³-hybridized carbons (Fsp3) is 0.571. The van der Waals surface area contributed by atoms with Gasteiger partial charge in [-0.25, -0.2) is 4.79 Å². The molecule has 0 aliphatic heterocycles. The molecule has 0 heterocycles. The Balaban J connectivity index is 2.72. The van der Waals surface area contributed by atoms with Crippen LogP contribution in [0.15, 0.2) is 24.3 Å². The van der Waals surface area contributed by atoms with E-state index in [0.717, 1.165) is 12.0 Å². The SMILES string of the molecule is CCOC(=O)Cc1ccc(NC(=O)C(CCCCN)NC(=O)OC(C)(C)C)cc1. The molecule has 0 aliphatic rings. The number of rotatable bonds is 10. The Bertz CT molecular complexity index is 668. The van der Waals surface area contributed by atoms with Crippen molar-refractivity contribution in [2.45, 2.75) is 65.0 Å². The molecule has 29 heavy (non-hydrogen) atoms. The first-order valence-corrected chi connectivity index (χ1v) is 9.89. The number of hydrogen-bond donors (Lipinski definition) is 3. The van der Waals surface area contributed by atoms with Crippen LogP contribution in [0.25, 0.3) is 0 Å². The molecule has 0 saturated carbocycles. The summed E-state index contributed by atoms with van der Waals surface area (Å²) in [5.41, 5.74) is 6.22. The average Bonchev–Trinajstić information content (AvgIpc) is 2.61. The predicted octanol–water partition coefficient (Wildman–Crippen LogP) is 2.75. The Hall–Kier alpha value is -2.61. The second kappa shape index (κ2) is 12.1. The van der Waals surface area contributed by atoms with E-state index in [2.05, 4.69) is 10.6 Å². The van der Waals surface area contributed by atoms with Crippen molar-refractivity contribution in [3.8, 4) is 0 Å². The number of alkyl carbamates (subject to hydrolysis) is 1. The number of carbonyl (C=O) groups is 3. The Labute approximate surface area is 172 Å². The normalized spacial score (nSPS) is 12.0. The lowest BCUT2D eigenvalue weighted by atomic mass is 10.1. The molecule has 0 spiro atoms. The van der Waals surface area contributed by atoms with Crippen molar-refractivity contribution >= 4 is 23.7 Å². The first-order chi connectivity index (χ1) is 13.6. The summed E-state index contributed by atoms with van der Waals surface area (Å²) in [6.45, 7) is 7.88. The number of esters is 1. The zero-order valence-corrected chi connectivity index (χ0v) is 17.7. The molecule has 0 fully saturated rings. The Morgan fingerprint density at radius 1 is 1.10 bits per heavy atom. The van der Waals surface area contributed by atoms with E-state index >= 15 is 0 Å². The topological polar surface area (TPSA) is 120 Å². The summed E-state index contributed by atoms with van der Waals surface area (Å²) >= 11 is 0. The Morgan fingerprint density at radius 3 is 2.31 bits per heavy atom. The van der Waals surface area contributed by atoms with Gasteiger partial charge in [-0.2, -0.15) is 0 Å². The lowest BCUT2D eigenvalue weighted by molar-refractivity contribution is -0.142. The van der Waals surface area contributed by atoms with Crippen LogP contribution < -0.4 is 16.4 Å². The smallest absolute Gasteiger partial charge is 0.408 e. The zero-order chi connectivity index (χ0) is 21.9. The Kier molecular flexibility index (Phi) is 10.2. The maximum atomic E-state index is 12.7. The number of nitrogens with two attached hydrogens (primary N) is 1. The average molecular weight is 408 g/mol. The van der Waals surface area contributed by atoms with Crippen LogP contribution in [-0.4, -0.2) is 42.8 Å². The highest BCUT2D eigenvalue weighted by atomic mass is 16.6. The minimum Gasteiger partial charge on any atom is -0.466 e. The molecule has 0 saturated heterocycles. The van der Waals surface area contributed by atoms with Gasteiger partial charge in [0.2, 0.25) is 5.91 Å². The summed E-state index contributed by atoms with van der Waals surface area (Å²) in [6, 6.07) is 6.16. The fourth-order valence-electron chi connectivity index (χ4n) is 2.53. The molecule has 0 aromatic heterocycles. The van der Waals surface area contributed by atoms with Crippen molar-refractivity contribution in [1.29, 1.82) is 0 Å². The van der Waals surface area contributed by atoms with Crippen LogP contribution in [0.4, 0.5) is 10.5 Å². The van der Waals surface area contributed by atoms with Gasteiger partial charge in [0.1, 0.15) is 11.6 Å². The van der Waals surface area contributed by atoms with Crippen LogP contribution in [0.3, 0.4) is 0 Å². The molecular formula is C21H33N3O5. The van der Waals surface area contributed by atoms with Crippen LogP contribution in [0.5, 0.6) is 0 Å². The van der Waals surface area contributed by atoms with Crippen molar-refractivity contribution in [3.05, 3.63) is 29.8 Å². The number of nitrogens with one attached hydrogen (secondary N) is 2. The summed E-state index contributed by atoms with van der Waals surface area (Å²) in [5.74, 6) is -0.642. The summed E-state index contributed by atoms with van der Waals surface area (Å²) in [7, 11) is 0. The van der Waals surface area contributed by atoms with Gasteiger partial charge in [-0.15, -0.1) is 0 Å². The van der Waals surface area contributed by atoms with Crippen LogP contribution in [0.1, 0.15) is 52.5 Å². The highest BCUT2D eigenvalue weighted by molar-refractivity contribution is 5.96. The van der Waals surface area contributed by atoms with Crippen LogP contribution in [0, 0.1) is 0 Å². The minimum absolute atomic E-state index is 0.171. The lowest BCUT2D eigenvalue weighted by Gasteiger charge is -2.23. The molecule has 0 radical (unpaired) electrons. The monoisotopic (exact) mass is 407 g/mol. The van der Waals surface area contributed by atoms with Crippen molar-refractivity contribution in [3.63, 3.8) is 0 Å². The number of unbranched alkanes of at least 4 members (excludes halogenated alkanes) is 1. The highest BCUT2D eigenvalue weighted by Gasteiger charge is 2.24. The summed E-state index contributed by atoms with van der Waals surface area (Å²) < 4.78 is 10.2. The molecule has 1 aromatic rings. The van der Waals surface area contributed by atoms with Crippen molar-refractivity contribution in [2.24, 2.45) is 5.73 Å². The van der Waals surface area contributed by atoms with Gasteiger partial charge in [-0.3, -0.25) is 9.59 Å². The zero-order valence-electron chi connectivity index (χ0n) is 17.7.